The topological polar surface area (TPSA) is 85.7 Å². The molecule has 0 spiro atoms. The zero-order valence-electron chi connectivity index (χ0n) is 25.1. The molecule has 7 nitrogen and oxygen atoms in total. The Bertz CT molecular complexity index is 1530. The molecule has 3 aromatic carbocycles. The molecule has 0 unspecified atom stereocenters. The summed E-state index contributed by atoms with van der Waals surface area (Å²) in [5, 5.41) is 3.09. The molecular formula is C36H41N3O4. The van der Waals surface area contributed by atoms with Crippen LogP contribution >= 0.6 is 0 Å². The average Bonchev–Trinajstić information content (AvgIpc) is 3.32. The summed E-state index contributed by atoms with van der Waals surface area (Å²) >= 11 is 0. The Morgan fingerprint density at radius 3 is 2.19 bits per heavy atom. The number of H-pyrrole nitrogens is 1. The minimum absolute atomic E-state index is 0.175. The molecule has 1 aromatic heterocycles. The number of benzene rings is 3. The summed E-state index contributed by atoms with van der Waals surface area (Å²) in [5.41, 5.74) is 3.29. The Morgan fingerprint density at radius 2 is 1.49 bits per heavy atom. The Balaban J connectivity index is 1.20. The fourth-order valence-corrected chi connectivity index (χ4v) is 4.63. The molecule has 0 aliphatic heterocycles. The molecule has 0 radical (unpaired) electrons. The quantitative estimate of drug-likeness (QED) is 0.0475. The first-order valence-corrected chi connectivity index (χ1v) is 15.2. The number of aliphatic imine (C=N–C) groups is 1. The molecule has 1 N–H and O–H groups in total. The van der Waals surface area contributed by atoms with Crippen LogP contribution in [-0.2, 0) is 4.79 Å². The largest absolute Gasteiger partial charge is 0.494 e. The summed E-state index contributed by atoms with van der Waals surface area (Å²) in [6.07, 6.45) is 14.8. The molecular weight excluding hydrogens is 538 g/mol. The third-order valence-corrected chi connectivity index (χ3v) is 7.09. The molecule has 43 heavy (non-hydrogen) atoms. The Labute approximate surface area is 253 Å². The van der Waals surface area contributed by atoms with E-state index in [1.54, 1.807) is 36.6 Å². The zero-order valence-corrected chi connectivity index (χ0v) is 25.1. The first kappa shape index (κ1) is 31.3. The summed E-state index contributed by atoms with van der Waals surface area (Å²) in [4.78, 5) is 29.6. The van der Waals surface area contributed by atoms with E-state index in [4.69, 9.17) is 9.47 Å². The van der Waals surface area contributed by atoms with Crippen LogP contribution in [0, 0.1) is 6.92 Å². The molecule has 1 heterocycles. The van der Waals surface area contributed by atoms with E-state index in [0.29, 0.717) is 17.0 Å². The predicted octanol–water partition coefficient (Wildman–Crippen LogP) is 8.36. The molecule has 0 saturated carbocycles. The lowest BCUT2D eigenvalue weighted by Gasteiger charge is -2.06. The molecule has 4 aromatic rings. The molecule has 4 rings (SSSR count). The van der Waals surface area contributed by atoms with Crippen molar-refractivity contribution >= 4 is 23.9 Å². The van der Waals surface area contributed by atoms with Gasteiger partial charge in [-0.1, -0.05) is 82.2 Å². The smallest absolute Gasteiger partial charge is 0.336 e. The molecule has 7 heteroatoms. The van der Waals surface area contributed by atoms with Gasteiger partial charge in [-0.25, -0.2) is 9.48 Å². The number of ether oxygens (including phenoxy) is 2. The molecule has 0 bridgehead atoms. The van der Waals surface area contributed by atoms with Gasteiger partial charge in [-0.2, -0.15) is 0 Å². The van der Waals surface area contributed by atoms with Crippen molar-refractivity contribution in [1.29, 1.82) is 0 Å². The van der Waals surface area contributed by atoms with Gasteiger partial charge in [0.1, 0.15) is 11.5 Å². The van der Waals surface area contributed by atoms with Crippen molar-refractivity contribution in [3.05, 3.63) is 112 Å². The van der Waals surface area contributed by atoms with Crippen molar-refractivity contribution < 1.29 is 14.3 Å². The number of hydrogen-bond donors (Lipinski definition) is 1. The van der Waals surface area contributed by atoms with E-state index in [9.17, 15) is 9.59 Å². The van der Waals surface area contributed by atoms with Crippen LogP contribution in [0.2, 0.25) is 0 Å². The Kier molecular flexibility index (Phi) is 12.2. The minimum atomic E-state index is -0.476. The number of esters is 1. The second kappa shape index (κ2) is 16.7. The van der Waals surface area contributed by atoms with Crippen LogP contribution in [0.15, 0.2) is 94.7 Å². The molecule has 0 saturated heterocycles. The van der Waals surface area contributed by atoms with Crippen molar-refractivity contribution in [2.75, 3.05) is 6.61 Å². The van der Waals surface area contributed by atoms with Gasteiger partial charge in [0.05, 0.1) is 23.5 Å². The predicted molar refractivity (Wildman–Crippen MR) is 174 cm³/mol. The maximum absolute atomic E-state index is 12.8. The van der Waals surface area contributed by atoms with Crippen LogP contribution in [-0.4, -0.2) is 28.6 Å². The maximum atomic E-state index is 12.8. The standard InChI is InChI=1S/C36H41N3O4/c1-3-4-5-6-7-8-9-13-26-42-32-21-16-29(17-22-32)18-25-35(40)43-33-23-19-30(20-24-33)37-27-34-28(2)38-39(36(34)41)31-14-11-10-12-15-31/h10-12,14-25,27,38H,3-9,13,26H2,1-2H3/b25-18+,37-27?. The van der Waals surface area contributed by atoms with Gasteiger partial charge in [0.2, 0.25) is 0 Å². The number of carbonyl (C=O) groups is 1. The monoisotopic (exact) mass is 579 g/mol. The number of hydrogen-bond acceptors (Lipinski definition) is 5. The van der Waals surface area contributed by atoms with Crippen molar-refractivity contribution in [3.63, 3.8) is 0 Å². The van der Waals surface area contributed by atoms with Crippen LogP contribution in [0.4, 0.5) is 5.69 Å². The van der Waals surface area contributed by atoms with Gasteiger partial charge in [-0.3, -0.25) is 14.9 Å². The fraction of sp³-hybridized carbons (Fsp3) is 0.306. The van der Waals surface area contributed by atoms with Gasteiger partial charge in [-0.05, 0) is 73.5 Å². The number of aryl methyl sites for hydroxylation is 1. The van der Waals surface area contributed by atoms with Gasteiger partial charge >= 0.3 is 5.97 Å². The van der Waals surface area contributed by atoms with E-state index >= 15 is 0 Å². The van der Waals surface area contributed by atoms with Gasteiger partial charge in [-0.15, -0.1) is 0 Å². The number of nitrogens with one attached hydrogen (secondary N) is 1. The fourth-order valence-electron chi connectivity index (χ4n) is 4.63. The average molecular weight is 580 g/mol. The number of nitrogens with zero attached hydrogens (tertiary/aromatic N) is 2. The highest BCUT2D eigenvalue weighted by Gasteiger charge is 2.10. The van der Waals surface area contributed by atoms with Crippen LogP contribution in [0.1, 0.15) is 75.1 Å². The normalized spacial score (nSPS) is 11.4. The number of aromatic nitrogens is 2. The van der Waals surface area contributed by atoms with Crippen molar-refractivity contribution in [3.8, 4) is 17.2 Å². The highest BCUT2D eigenvalue weighted by atomic mass is 16.5. The van der Waals surface area contributed by atoms with E-state index in [-0.39, 0.29) is 5.56 Å². The highest BCUT2D eigenvalue weighted by Crippen LogP contribution is 2.19. The van der Waals surface area contributed by atoms with Crippen molar-refractivity contribution in [2.45, 2.75) is 65.2 Å². The lowest BCUT2D eigenvalue weighted by atomic mass is 10.1. The third-order valence-electron chi connectivity index (χ3n) is 7.09. The first-order valence-electron chi connectivity index (χ1n) is 15.2. The third kappa shape index (κ3) is 9.99. The lowest BCUT2D eigenvalue weighted by molar-refractivity contribution is -0.128. The van der Waals surface area contributed by atoms with Gasteiger partial charge < -0.3 is 9.47 Å². The van der Waals surface area contributed by atoms with E-state index in [0.717, 1.165) is 35.7 Å². The summed E-state index contributed by atoms with van der Waals surface area (Å²) in [6, 6.07) is 23.8. The van der Waals surface area contributed by atoms with Crippen LogP contribution < -0.4 is 15.0 Å². The van der Waals surface area contributed by atoms with E-state index < -0.39 is 5.97 Å². The van der Waals surface area contributed by atoms with E-state index in [1.807, 2.05) is 61.5 Å². The summed E-state index contributed by atoms with van der Waals surface area (Å²) in [5.74, 6) is 0.761. The Hall–Kier alpha value is -4.65. The molecule has 224 valence electrons. The highest BCUT2D eigenvalue weighted by molar-refractivity contribution is 5.88. The van der Waals surface area contributed by atoms with Gasteiger partial charge in [0.15, 0.2) is 0 Å². The van der Waals surface area contributed by atoms with E-state index in [1.165, 1.54) is 55.7 Å². The summed E-state index contributed by atoms with van der Waals surface area (Å²) in [6.45, 7) is 4.80. The number of aromatic amines is 1. The van der Waals surface area contributed by atoms with Crippen LogP contribution in [0.3, 0.4) is 0 Å². The van der Waals surface area contributed by atoms with Gasteiger partial charge in [0.25, 0.3) is 5.56 Å². The second-order valence-corrected chi connectivity index (χ2v) is 10.5. The first-order chi connectivity index (χ1) is 21.0. The summed E-state index contributed by atoms with van der Waals surface area (Å²) < 4.78 is 12.8. The minimum Gasteiger partial charge on any atom is -0.494 e. The van der Waals surface area contributed by atoms with Crippen LogP contribution in [0.25, 0.3) is 11.8 Å². The molecule has 0 atom stereocenters. The number of carbonyl (C=O) groups excluding carboxylic acids is 1. The maximum Gasteiger partial charge on any atom is 0.336 e. The van der Waals surface area contributed by atoms with Gasteiger partial charge in [0, 0.05) is 18.0 Å². The number of rotatable bonds is 16. The van der Waals surface area contributed by atoms with Crippen molar-refractivity contribution in [1.82, 2.24) is 9.78 Å². The molecule has 0 aliphatic carbocycles. The second-order valence-electron chi connectivity index (χ2n) is 10.5. The SMILES string of the molecule is CCCCCCCCCCOc1ccc(/C=C/C(=O)Oc2ccc(N=Cc3c(C)[nH]n(-c4ccccc4)c3=O)cc2)cc1. The molecule has 0 amide bonds. The molecule has 0 fully saturated rings. The number of para-hydroxylation sites is 1. The van der Waals surface area contributed by atoms with E-state index in [2.05, 4.69) is 17.0 Å². The Morgan fingerprint density at radius 1 is 0.837 bits per heavy atom. The lowest BCUT2D eigenvalue weighted by Crippen LogP contribution is -2.17. The zero-order chi connectivity index (χ0) is 30.3. The number of unbranched alkanes of at least 4 members (excludes halogenated alkanes) is 7. The molecule has 0 aliphatic rings. The summed E-state index contributed by atoms with van der Waals surface area (Å²) in [7, 11) is 0. The van der Waals surface area contributed by atoms with Crippen LogP contribution in [0.5, 0.6) is 11.5 Å². The van der Waals surface area contributed by atoms with Crippen molar-refractivity contribution in [2.24, 2.45) is 4.99 Å².